The van der Waals surface area contributed by atoms with E-state index in [0.29, 0.717) is 11.3 Å². The van der Waals surface area contributed by atoms with E-state index in [1.165, 1.54) is 17.3 Å². The van der Waals surface area contributed by atoms with Gasteiger partial charge in [-0.3, -0.25) is 4.98 Å². The van der Waals surface area contributed by atoms with Crippen LogP contribution >= 0.6 is 0 Å². The lowest BCUT2D eigenvalue weighted by Crippen LogP contribution is -2.32. The standard InChI is InChI=1S/C10H14F2N2O2/c11-10(12)6-14(3-4-15)9-5-13-2-1-8(9)7-16/h1-2,5,10,15-16H,3-4,6-7H2. The highest BCUT2D eigenvalue weighted by Gasteiger charge is 2.15. The van der Waals surface area contributed by atoms with Crippen LogP contribution in [0.1, 0.15) is 5.56 Å². The molecule has 1 aromatic heterocycles. The smallest absolute Gasteiger partial charge is 0.255 e. The first-order valence-corrected chi connectivity index (χ1v) is 4.86. The van der Waals surface area contributed by atoms with Gasteiger partial charge in [-0.2, -0.15) is 0 Å². The van der Waals surface area contributed by atoms with E-state index >= 15 is 0 Å². The zero-order valence-corrected chi connectivity index (χ0v) is 8.68. The van der Waals surface area contributed by atoms with Crippen molar-refractivity contribution in [2.24, 2.45) is 0 Å². The van der Waals surface area contributed by atoms with Gasteiger partial charge in [-0.1, -0.05) is 0 Å². The van der Waals surface area contributed by atoms with Gasteiger partial charge in [0.1, 0.15) is 0 Å². The summed E-state index contributed by atoms with van der Waals surface area (Å²) in [6, 6.07) is 1.56. The summed E-state index contributed by atoms with van der Waals surface area (Å²) >= 11 is 0. The highest BCUT2D eigenvalue weighted by Crippen LogP contribution is 2.19. The minimum absolute atomic E-state index is 0.0863. The maximum atomic E-state index is 12.3. The minimum Gasteiger partial charge on any atom is -0.395 e. The van der Waals surface area contributed by atoms with Crippen molar-refractivity contribution >= 4 is 5.69 Å². The Hall–Kier alpha value is -1.27. The van der Waals surface area contributed by atoms with Crippen LogP contribution in [0, 0.1) is 0 Å². The fraction of sp³-hybridized carbons (Fsp3) is 0.500. The predicted octanol–water partition coefficient (Wildman–Crippen LogP) is 0.638. The molecule has 90 valence electrons. The lowest BCUT2D eigenvalue weighted by molar-refractivity contribution is 0.152. The number of aliphatic hydroxyl groups excluding tert-OH is 2. The third-order valence-corrected chi connectivity index (χ3v) is 2.13. The molecule has 0 atom stereocenters. The summed E-state index contributed by atoms with van der Waals surface area (Å²) in [6.45, 7) is -0.877. The second-order valence-electron chi connectivity index (χ2n) is 3.22. The maximum Gasteiger partial charge on any atom is 0.255 e. The summed E-state index contributed by atoms with van der Waals surface area (Å²) in [6.07, 6.45) is 0.385. The van der Waals surface area contributed by atoms with E-state index in [2.05, 4.69) is 4.98 Å². The number of aromatic nitrogens is 1. The molecule has 0 aliphatic rings. The average molecular weight is 232 g/mol. The molecule has 16 heavy (non-hydrogen) atoms. The van der Waals surface area contributed by atoms with Gasteiger partial charge < -0.3 is 15.1 Å². The second-order valence-corrected chi connectivity index (χ2v) is 3.22. The van der Waals surface area contributed by atoms with Crippen LogP contribution in [-0.2, 0) is 6.61 Å². The molecule has 0 unspecified atom stereocenters. The highest BCUT2D eigenvalue weighted by molar-refractivity contribution is 5.51. The van der Waals surface area contributed by atoms with E-state index < -0.39 is 13.0 Å². The van der Waals surface area contributed by atoms with E-state index in [4.69, 9.17) is 10.2 Å². The summed E-state index contributed by atoms with van der Waals surface area (Å²) in [5.41, 5.74) is 0.948. The monoisotopic (exact) mass is 232 g/mol. The van der Waals surface area contributed by atoms with Gasteiger partial charge in [-0.25, -0.2) is 8.78 Å². The lowest BCUT2D eigenvalue weighted by Gasteiger charge is -2.25. The molecule has 1 heterocycles. The van der Waals surface area contributed by atoms with E-state index in [9.17, 15) is 8.78 Å². The lowest BCUT2D eigenvalue weighted by atomic mass is 10.2. The Kier molecular flexibility index (Phi) is 5.07. The van der Waals surface area contributed by atoms with Gasteiger partial charge in [0.2, 0.25) is 0 Å². The van der Waals surface area contributed by atoms with Gasteiger partial charge in [0.05, 0.1) is 31.6 Å². The van der Waals surface area contributed by atoms with E-state index in [0.717, 1.165) is 0 Å². The van der Waals surface area contributed by atoms with Gasteiger partial charge in [0, 0.05) is 18.3 Å². The van der Waals surface area contributed by atoms with Crippen molar-refractivity contribution in [3.05, 3.63) is 24.0 Å². The first-order chi connectivity index (χ1) is 7.69. The number of alkyl halides is 2. The van der Waals surface area contributed by atoms with Crippen molar-refractivity contribution < 1.29 is 19.0 Å². The van der Waals surface area contributed by atoms with Crippen molar-refractivity contribution in [2.45, 2.75) is 13.0 Å². The second kappa shape index (κ2) is 6.34. The molecular weight excluding hydrogens is 218 g/mol. The Morgan fingerprint density at radius 2 is 2.12 bits per heavy atom. The number of anilines is 1. The quantitative estimate of drug-likeness (QED) is 0.755. The Labute approximate surface area is 92.2 Å². The van der Waals surface area contributed by atoms with Gasteiger partial charge in [-0.05, 0) is 6.07 Å². The average Bonchev–Trinajstić information content (AvgIpc) is 2.28. The highest BCUT2D eigenvalue weighted by atomic mass is 19.3. The molecular formula is C10H14F2N2O2. The van der Waals surface area contributed by atoms with Crippen LogP contribution in [0.2, 0.25) is 0 Å². The number of rotatable bonds is 6. The summed E-state index contributed by atoms with van der Waals surface area (Å²) in [5, 5.41) is 17.9. The largest absolute Gasteiger partial charge is 0.395 e. The minimum atomic E-state index is -2.50. The number of pyridine rings is 1. The number of halogens is 2. The van der Waals surface area contributed by atoms with E-state index in [1.54, 1.807) is 6.07 Å². The van der Waals surface area contributed by atoms with Gasteiger partial charge in [-0.15, -0.1) is 0 Å². The maximum absolute atomic E-state index is 12.3. The summed E-state index contributed by atoms with van der Waals surface area (Å²) < 4.78 is 24.6. The van der Waals surface area contributed by atoms with Crippen molar-refractivity contribution in [3.8, 4) is 0 Å². The molecule has 0 aliphatic carbocycles. The Morgan fingerprint density at radius 1 is 1.38 bits per heavy atom. The van der Waals surface area contributed by atoms with Crippen LogP contribution in [0.25, 0.3) is 0 Å². The Balaban J connectivity index is 2.90. The molecule has 1 rings (SSSR count). The molecule has 0 amide bonds. The molecule has 2 N–H and O–H groups in total. The molecule has 6 heteroatoms. The molecule has 4 nitrogen and oxygen atoms in total. The number of nitrogens with zero attached hydrogens (tertiary/aromatic N) is 2. The molecule has 0 saturated carbocycles. The van der Waals surface area contributed by atoms with Crippen molar-refractivity contribution in [3.63, 3.8) is 0 Å². The Bertz CT molecular complexity index is 323. The first kappa shape index (κ1) is 12.8. The van der Waals surface area contributed by atoms with Gasteiger partial charge >= 0.3 is 0 Å². The van der Waals surface area contributed by atoms with Gasteiger partial charge in [0.25, 0.3) is 6.43 Å². The summed E-state index contributed by atoms with van der Waals surface area (Å²) in [5.74, 6) is 0. The topological polar surface area (TPSA) is 56.6 Å². The third kappa shape index (κ3) is 3.39. The number of hydrogen-bond donors (Lipinski definition) is 2. The fourth-order valence-electron chi connectivity index (χ4n) is 1.43. The summed E-state index contributed by atoms with van der Waals surface area (Å²) in [4.78, 5) is 5.13. The SMILES string of the molecule is OCCN(CC(F)F)c1cnccc1CO. The first-order valence-electron chi connectivity index (χ1n) is 4.86. The van der Waals surface area contributed by atoms with Crippen LogP contribution < -0.4 is 4.90 Å². The van der Waals surface area contributed by atoms with E-state index in [1.807, 2.05) is 0 Å². The molecule has 0 spiro atoms. The number of aliphatic hydroxyl groups is 2. The molecule has 0 fully saturated rings. The zero-order chi connectivity index (χ0) is 12.0. The van der Waals surface area contributed by atoms with E-state index in [-0.39, 0.29) is 19.8 Å². The zero-order valence-electron chi connectivity index (χ0n) is 8.68. The van der Waals surface area contributed by atoms with Crippen LogP contribution in [0.3, 0.4) is 0 Å². The normalized spacial score (nSPS) is 10.8. The molecule has 0 radical (unpaired) electrons. The fourth-order valence-corrected chi connectivity index (χ4v) is 1.43. The molecule has 0 aromatic carbocycles. The van der Waals surface area contributed by atoms with Crippen LogP contribution in [0.15, 0.2) is 18.5 Å². The van der Waals surface area contributed by atoms with Crippen molar-refractivity contribution in [2.75, 3.05) is 24.6 Å². The third-order valence-electron chi connectivity index (χ3n) is 2.13. The molecule has 0 saturated heterocycles. The summed E-state index contributed by atoms with van der Waals surface area (Å²) in [7, 11) is 0. The molecule has 0 aliphatic heterocycles. The molecule has 0 bridgehead atoms. The molecule has 1 aromatic rings. The van der Waals surface area contributed by atoms with Crippen LogP contribution in [-0.4, -0.2) is 41.3 Å². The Morgan fingerprint density at radius 3 is 2.69 bits per heavy atom. The van der Waals surface area contributed by atoms with Crippen LogP contribution in [0.4, 0.5) is 14.5 Å². The van der Waals surface area contributed by atoms with Crippen molar-refractivity contribution in [1.29, 1.82) is 0 Å². The number of hydrogen-bond acceptors (Lipinski definition) is 4. The van der Waals surface area contributed by atoms with Crippen LogP contribution in [0.5, 0.6) is 0 Å². The van der Waals surface area contributed by atoms with Crippen molar-refractivity contribution in [1.82, 2.24) is 4.98 Å². The predicted molar refractivity (Wildman–Crippen MR) is 55.5 cm³/mol. The van der Waals surface area contributed by atoms with Gasteiger partial charge in [0.15, 0.2) is 0 Å².